The number of alkyl halides is 1. The quantitative estimate of drug-likeness (QED) is 0.413. The van der Waals surface area contributed by atoms with E-state index in [9.17, 15) is 4.79 Å². The minimum absolute atomic E-state index is 0.0623. The lowest BCUT2D eigenvalue weighted by molar-refractivity contribution is -0.168. The Bertz CT molecular complexity index is 540. The van der Waals surface area contributed by atoms with Crippen LogP contribution in [-0.2, 0) is 16.1 Å². The van der Waals surface area contributed by atoms with Crippen LogP contribution in [0, 0.1) is 0 Å². The van der Waals surface area contributed by atoms with Crippen molar-refractivity contribution in [1.29, 1.82) is 0 Å². The van der Waals surface area contributed by atoms with Crippen molar-refractivity contribution in [3.05, 3.63) is 35.9 Å². The van der Waals surface area contributed by atoms with Crippen molar-refractivity contribution in [2.45, 2.75) is 51.5 Å². The fraction of sp³-hybridized carbons (Fsp3) is 0.556. The number of hydrogen-bond acceptors (Lipinski definition) is 3. The number of β-lactam (4-membered cyclic amide) rings is 1. The van der Waals surface area contributed by atoms with Gasteiger partial charge in [-0.3, -0.25) is 9.79 Å². The molecular formula is C18H25BrN2O2. The molecule has 1 aromatic carbocycles. The van der Waals surface area contributed by atoms with Gasteiger partial charge in [0.2, 0.25) is 0 Å². The molecule has 5 heteroatoms. The Morgan fingerprint density at radius 3 is 2.61 bits per heavy atom. The molecule has 0 spiro atoms. The fourth-order valence-electron chi connectivity index (χ4n) is 2.42. The molecule has 1 saturated heterocycles. The van der Waals surface area contributed by atoms with E-state index in [0.29, 0.717) is 6.61 Å². The highest BCUT2D eigenvalue weighted by Crippen LogP contribution is 2.24. The summed E-state index contributed by atoms with van der Waals surface area (Å²) in [5.41, 5.74) is 0.926. The predicted molar refractivity (Wildman–Crippen MR) is 97.2 cm³/mol. The lowest BCUT2D eigenvalue weighted by Gasteiger charge is -2.45. The van der Waals surface area contributed by atoms with Crippen molar-refractivity contribution < 1.29 is 9.53 Å². The topological polar surface area (TPSA) is 41.9 Å². The monoisotopic (exact) mass is 380 g/mol. The van der Waals surface area contributed by atoms with E-state index in [0.717, 1.165) is 23.9 Å². The van der Waals surface area contributed by atoms with Crippen molar-refractivity contribution in [2.75, 3.05) is 11.9 Å². The molecule has 0 unspecified atom stereocenters. The normalized spacial score (nSPS) is 21.7. The number of nitrogens with zero attached hydrogens (tertiary/aromatic N) is 2. The van der Waals surface area contributed by atoms with Crippen LogP contribution in [0.4, 0.5) is 0 Å². The zero-order chi connectivity index (χ0) is 16.9. The molecule has 1 aliphatic rings. The Labute approximate surface area is 147 Å². The Kier molecular flexibility index (Phi) is 6.36. The van der Waals surface area contributed by atoms with Crippen LogP contribution in [0.1, 0.15) is 32.8 Å². The van der Waals surface area contributed by atoms with E-state index in [-0.39, 0.29) is 17.5 Å². The van der Waals surface area contributed by atoms with Gasteiger partial charge in [0.15, 0.2) is 6.10 Å². The van der Waals surface area contributed by atoms with Crippen molar-refractivity contribution in [3.8, 4) is 0 Å². The van der Waals surface area contributed by atoms with Crippen LogP contribution in [0.15, 0.2) is 35.3 Å². The third-order valence-corrected chi connectivity index (χ3v) is 4.18. The first-order valence-corrected chi connectivity index (χ1v) is 9.12. The number of halogens is 1. The molecule has 0 aromatic heterocycles. The Morgan fingerprint density at radius 2 is 2.00 bits per heavy atom. The minimum atomic E-state index is -0.420. The van der Waals surface area contributed by atoms with Gasteiger partial charge in [-0.25, -0.2) is 0 Å². The molecular weight excluding hydrogens is 356 g/mol. The van der Waals surface area contributed by atoms with Crippen LogP contribution in [-0.4, -0.2) is 46.6 Å². The molecule has 1 amide bonds. The Morgan fingerprint density at radius 1 is 1.30 bits per heavy atom. The summed E-state index contributed by atoms with van der Waals surface area (Å²) < 4.78 is 5.87. The van der Waals surface area contributed by atoms with Crippen LogP contribution in [0.5, 0.6) is 0 Å². The van der Waals surface area contributed by atoms with Gasteiger partial charge in [-0.1, -0.05) is 46.3 Å². The third-order valence-electron chi connectivity index (χ3n) is 3.62. The van der Waals surface area contributed by atoms with Gasteiger partial charge in [0, 0.05) is 18.1 Å². The maximum Gasteiger partial charge on any atom is 0.254 e. The molecule has 1 fully saturated rings. The van der Waals surface area contributed by atoms with E-state index in [1.165, 1.54) is 0 Å². The first-order valence-electron chi connectivity index (χ1n) is 8.00. The largest absolute Gasteiger partial charge is 0.361 e. The maximum absolute atomic E-state index is 12.3. The number of aliphatic imine (C=N–C) groups is 1. The molecule has 0 radical (unpaired) electrons. The van der Waals surface area contributed by atoms with Crippen LogP contribution < -0.4 is 0 Å². The lowest BCUT2D eigenvalue weighted by Crippen LogP contribution is -2.66. The summed E-state index contributed by atoms with van der Waals surface area (Å²) in [6, 6.07) is 9.86. The number of carbonyl (C=O) groups excluding carboxylic acids is 1. The molecule has 2 atom stereocenters. The summed E-state index contributed by atoms with van der Waals surface area (Å²) in [5.74, 6) is 0.0623. The standard InChI is InChI=1S/C18H25BrN2O2/c1-18(2,3)20-12-15-16(17(22)21(15)11-7-10-19)23-13-14-8-5-4-6-9-14/h4-6,8-9,12,15-16H,7,10-11,13H2,1-3H3/t15-,16+/m0/s1. The van der Waals surface area contributed by atoms with E-state index in [1.807, 2.05) is 62.2 Å². The first-order chi connectivity index (χ1) is 10.9. The SMILES string of the molecule is CC(C)(C)N=C[C@H]1[C@@H](OCc2ccccc2)C(=O)N1CCCBr. The zero-order valence-corrected chi connectivity index (χ0v) is 15.6. The smallest absolute Gasteiger partial charge is 0.254 e. The average Bonchev–Trinajstić information content (AvgIpc) is 2.51. The second-order valence-electron chi connectivity index (χ2n) is 6.73. The van der Waals surface area contributed by atoms with E-state index in [2.05, 4.69) is 20.9 Å². The van der Waals surface area contributed by atoms with Gasteiger partial charge in [0.1, 0.15) is 6.04 Å². The van der Waals surface area contributed by atoms with Gasteiger partial charge in [0.25, 0.3) is 5.91 Å². The van der Waals surface area contributed by atoms with Crippen molar-refractivity contribution in [1.82, 2.24) is 4.90 Å². The fourth-order valence-corrected chi connectivity index (χ4v) is 2.67. The lowest BCUT2D eigenvalue weighted by atomic mass is 9.98. The van der Waals surface area contributed by atoms with Gasteiger partial charge in [-0.05, 0) is 32.8 Å². The second kappa shape index (κ2) is 8.06. The van der Waals surface area contributed by atoms with Gasteiger partial charge >= 0.3 is 0 Å². The van der Waals surface area contributed by atoms with Crippen LogP contribution >= 0.6 is 15.9 Å². The Hall–Kier alpha value is -1.20. The molecule has 126 valence electrons. The molecule has 0 bridgehead atoms. The first kappa shape index (κ1) is 18.1. The minimum Gasteiger partial charge on any atom is -0.361 e. The van der Waals surface area contributed by atoms with Crippen LogP contribution in [0.3, 0.4) is 0 Å². The molecule has 1 aliphatic heterocycles. The second-order valence-corrected chi connectivity index (χ2v) is 7.52. The zero-order valence-electron chi connectivity index (χ0n) is 14.0. The van der Waals surface area contributed by atoms with Gasteiger partial charge in [0.05, 0.1) is 12.1 Å². The third kappa shape index (κ3) is 5.15. The van der Waals surface area contributed by atoms with E-state index < -0.39 is 6.10 Å². The highest BCUT2D eigenvalue weighted by Gasteiger charge is 2.47. The van der Waals surface area contributed by atoms with E-state index in [4.69, 9.17) is 4.74 Å². The number of benzene rings is 1. The van der Waals surface area contributed by atoms with Crippen LogP contribution in [0.2, 0.25) is 0 Å². The molecule has 23 heavy (non-hydrogen) atoms. The summed E-state index contributed by atoms with van der Waals surface area (Å²) in [6.45, 7) is 7.32. The van der Waals surface area contributed by atoms with E-state index in [1.54, 1.807) is 0 Å². The highest BCUT2D eigenvalue weighted by atomic mass is 79.9. The highest BCUT2D eigenvalue weighted by molar-refractivity contribution is 9.09. The number of ether oxygens (including phenoxy) is 1. The van der Waals surface area contributed by atoms with Crippen LogP contribution in [0.25, 0.3) is 0 Å². The maximum atomic E-state index is 12.3. The number of likely N-dealkylation sites (tertiary alicyclic amines) is 1. The summed E-state index contributed by atoms with van der Waals surface area (Å²) in [4.78, 5) is 18.8. The molecule has 0 aliphatic carbocycles. The number of carbonyl (C=O) groups is 1. The van der Waals surface area contributed by atoms with E-state index >= 15 is 0 Å². The summed E-state index contributed by atoms with van der Waals surface area (Å²) >= 11 is 3.42. The molecule has 0 N–H and O–H groups in total. The number of rotatable bonds is 7. The average molecular weight is 381 g/mol. The van der Waals surface area contributed by atoms with Crippen molar-refractivity contribution >= 4 is 28.1 Å². The van der Waals surface area contributed by atoms with Crippen molar-refractivity contribution in [2.24, 2.45) is 4.99 Å². The molecule has 2 rings (SSSR count). The number of hydrogen-bond donors (Lipinski definition) is 0. The van der Waals surface area contributed by atoms with Crippen molar-refractivity contribution in [3.63, 3.8) is 0 Å². The number of amides is 1. The molecule has 0 saturated carbocycles. The summed E-state index contributed by atoms with van der Waals surface area (Å²) in [5, 5.41) is 0.884. The summed E-state index contributed by atoms with van der Waals surface area (Å²) in [7, 11) is 0. The van der Waals surface area contributed by atoms with Gasteiger partial charge in [-0.15, -0.1) is 0 Å². The molecule has 1 heterocycles. The van der Waals surface area contributed by atoms with Gasteiger partial charge < -0.3 is 9.64 Å². The molecule has 4 nitrogen and oxygen atoms in total. The van der Waals surface area contributed by atoms with Gasteiger partial charge in [-0.2, -0.15) is 0 Å². The predicted octanol–water partition coefficient (Wildman–Crippen LogP) is 3.44. The summed E-state index contributed by atoms with van der Waals surface area (Å²) in [6.07, 6.45) is 2.39. The Balaban J connectivity index is 2.01. The molecule has 1 aromatic rings.